The molecule has 2 fully saturated rings. The Bertz CT molecular complexity index is 427. The fourth-order valence-corrected chi connectivity index (χ4v) is 3.17. The highest BCUT2D eigenvalue weighted by atomic mass is 15.2. The minimum Gasteiger partial charge on any atom is -0.384 e. The third kappa shape index (κ3) is 1.39. The number of anilines is 1. The van der Waals surface area contributed by atoms with Gasteiger partial charge in [-0.05, 0) is 37.3 Å². The molecule has 2 aliphatic rings. The van der Waals surface area contributed by atoms with E-state index in [-0.39, 0.29) is 5.84 Å². The molecule has 84 valence electrons. The van der Waals surface area contributed by atoms with Crippen molar-refractivity contribution in [3.8, 4) is 0 Å². The molecule has 0 aromatic heterocycles. The summed E-state index contributed by atoms with van der Waals surface area (Å²) >= 11 is 0. The third-order valence-corrected chi connectivity index (χ3v) is 3.91. The van der Waals surface area contributed by atoms with Crippen molar-refractivity contribution in [3.63, 3.8) is 0 Å². The molecule has 1 saturated heterocycles. The topological polar surface area (TPSA) is 53.1 Å². The van der Waals surface area contributed by atoms with Crippen molar-refractivity contribution in [2.75, 3.05) is 11.4 Å². The van der Waals surface area contributed by atoms with Crippen molar-refractivity contribution in [2.45, 2.75) is 25.3 Å². The van der Waals surface area contributed by atoms with Crippen molar-refractivity contribution in [1.82, 2.24) is 0 Å². The van der Waals surface area contributed by atoms with E-state index in [1.54, 1.807) is 0 Å². The Hall–Kier alpha value is -1.51. The van der Waals surface area contributed by atoms with Crippen LogP contribution in [0.5, 0.6) is 0 Å². The summed E-state index contributed by atoms with van der Waals surface area (Å²) in [5.41, 5.74) is 7.68. The van der Waals surface area contributed by atoms with E-state index in [1.807, 2.05) is 18.2 Å². The van der Waals surface area contributed by atoms with Gasteiger partial charge in [0.2, 0.25) is 0 Å². The van der Waals surface area contributed by atoms with E-state index in [0.29, 0.717) is 6.04 Å². The van der Waals surface area contributed by atoms with Crippen LogP contribution in [0.4, 0.5) is 5.69 Å². The molecule has 1 heterocycles. The van der Waals surface area contributed by atoms with E-state index in [2.05, 4.69) is 11.0 Å². The standard InChI is InChI=1S/C13H17N3/c14-13(15)11-3-1-2-4-12(11)16-8-9-5-6-10(16)7-9/h1-4,9-10H,5-8H2,(H3,14,15). The molecule has 0 amide bonds. The SMILES string of the molecule is N=C(N)c1ccccc1N1CC2CCC1C2. The first-order chi connectivity index (χ1) is 7.75. The Morgan fingerprint density at radius 3 is 2.75 bits per heavy atom. The van der Waals surface area contributed by atoms with E-state index in [4.69, 9.17) is 11.1 Å². The number of piperidine rings is 1. The molecule has 3 nitrogen and oxygen atoms in total. The number of nitrogen functional groups attached to an aromatic ring is 1. The Labute approximate surface area is 95.8 Å². The van der Waals surface area contributed by atoms with Gasteiger partial charge in [-0.15, -0.1) is 0 Å². The van der Waals surface area contributed by atoms with Crippen LogP contribution < -0.4 is 10.6 Å². The molecule has 16 heavy (non-hydrogen) atoms. The average molecular weight is 215 g/mol. The molecule has 1 aromatic rings. The van der Waals surface area contributed by atoms with Gasteiger partial charge >= 0.3 is 0 Å². The number of amidine groups is 1. The molecule has 3 N–H and O–H groups in total. The van der Waals surface area contributed by atoms with Gasteiger partial charge in [0.05, 0.1) is 0 Å². The molecule has 1 aliphatic heterocycles. The highest BCUT2D eigenvalue weighted by Gasteiger charge is 2.38. The Balaban J connectivity index is 1.97. The second kappa shape index (κ2) is 3.51. The van der Waals surface area contributed by atoms with Gasteiger partial charge < -0.3 is 10.6 Å². The van der Waals surface area contributed by atoms with Crippen LogP contribution in [-0.4, -0.2) is 18.4 Å². The zero-order chi connectivity index (χ0) is 11.1. The molecule has 0 spiro atoms. The van der Waals surface area contributed by atoms with Crippen LogP contribution in [0, 0.1) is 11.3 Å². The number of nitrogens with one attached hydrogen (secondary N) is 1. The molecule has 3 heteroatoms. The van der Waals surface area contributed by atoms with Gasteiger partial charge in [0.1, 0.15) is 5.84 Å². The van der Waals surface area contributed by atoms with E-state index in [1.165, 1.54) is 19.3 Å². The maximum atomic E-state index is 7.63. The van der Waals surface area contributed by atoms with Gasteiger partial charge in [-0.3, -0.25) is 5.41 Å². The quantitative estimate of drug-likeness (QED) is 0.585. The number of fused-ring (bicyclic) bond motifs is 2. The predicted octanol–water partition coefficient (Wildman–Crippen LogP) is 1.96. The smallest absolute Gasteiger partial charge is 0.124 e. The molecule has 0 radical (unpaired) electrons. The van der Waals surface area contributed by atoms with Crippen LogP contribution in [0.25, 0.3) is 0 Å². The highest BCUT2D eigenvalue weighted by Crippen LogP contribution is 2.40. The van der Waals surface area contributed by atoms with E-state index in [9.17, 15) is 0 Å². The molecule has 2 unspecified atom stereocenters. The summed E-state index contributed by atoms with van der Waals surface area (Å²) in [6, 6.07) is 8.72. The fraction of sp³-hybridized carbons (Fsp3) is 0.462. The van der Waals surface area contributed by atoms with Gasteiger partial charge in [-0.25, -0.2) is 0 Å². The Morgan fingerprint density at radius 2 is 2.12 bits per heavy atom. The number of nitrogens with zero attached hydrogens (tertiary/aromatic N) is 1. The van der Waals surface area contributed by atoms with Crippen molar-refractivity contribution in [3.05, 3.63) is 29.8 Å². The van der Waals surface area contributed by atoms with E-state index < -0.39 is 0 Å². The molecular weight excluding hydrogens is 198 g/mol. The summed E-state index contributed by atoms with van der Waals surface area (Å²) in [6.07, 6.45) is 4.01. The molecule has 1 aromatic carbocycles. The predicted molar refractivity (Wildman–Crippen MR) is 65.9 cm³/mol. The van der Waals surface area contributed by atoms with Crippen molar-refractivity contribution >= 4 is 11.5 Å². The highest BCUT2D eigenvalue weighted by molar-refractivity contribution is 6.00. The van der Waals surface area contributed by atoms with Gasteiger partial charge in [-0.1, -0.05) is 12.1 Å². The first-order valence-electron chi connectivity index (χ1n) is 5.96. The number of nitrogens with two attached hydrogens (primary N) is 1. The first kappa shape index (κ1) is 9.70. The lowest BCUT2D eigenvalue weighted by atomic mass is 10.1. The summed E-state index contributed by atoms with van der Waals surface area (Å²) in [6.45, 7) is 1.15. The minimum absolute atomic E-state index is 0.179. The van der Waals surface area contributed by atoms with Crippen LogP contribution in [0.1, 0.15) is 24.8 Å². The van der Waals surface area contributed by atoms with E-state index >= 15 is 0 Å². The molecule has 2 atom stereocenters. The zero-order valence-electron chi connectivity index (χ0n) is 9.32. The fourth-order valence-electron chi connectivity index (χ4n) is 3.17. The van der Waals surface area contributed by atoms with Crippen LogP contribution >= 0.6 is 0 Å². The average Bonchev–Trinajstić information content (AvgIpc) is 2.90. The summed E-state index contributed by atoms with van der Waals surface area (Å²) in [5.74, 6) is 1.04. The van der Waals surface area contributed by atoms with Crippen molar-refractivity contribution in [1.29, 1.82) is 5.41 Å². The summed E-state index contributed by atoms with van der Waals surface area (Å²) in [5, 5.41) is 7.63. The van der Waals surface area contributed by atoms with Crippen LogP contribution in [0.2, 0.25) is 0 Å². The second-order valence-corrected chi connectivity index (χ2v) is 4.92. The van der Waals surface area contributed by atoms with Gasteiger partial charge in [-0.2, -0.15) is 0 Å². The molecule has 1 aliphatic carbocycles. The van der Waals surface area contributed by atoms with Gasteiger partial charge in [0.25, 0.3) is 0 Å². The second-order valence-electron chi connectivity index (χ2n) is 4.92. The Morgan fingerprint density at radius 1 is 1.31 bits per heavy atom. The third-order valence-electron chi connectivity index (χ3n) is 3.91. The summed E-state index contributed by atoms with van der Waals surface area (Å²) in [7, 11) is 0. The first-order valence-corrected chi connectivity index (χ1v) is 5.96. The van der Waals surface area contributed by atoms with Crippen molar-refractivity contribution < 1.29 is 0 Å². The lowest BCUT2D eigenvalue weighted by Crippen LogP contribution is -2.33. The number of para-hydroxylation sites is 1. The summed E-state index contributed by atoms with van der Waals surface area (Å²) < 4.78 is 0. The molecular formula is C13H17N3. The number of rotatable bonds is 2. The number of benzene rings is 1. The maximum absolute atomic E-state index is 7.63. The largest absolute Gasteiger partial charge is 0.384 e. The van der Waals surface area contributed by atoms with Crippen LogP contribution in [0.15, 0.2) is 24.3 Å². The van der Waals surface area contributed by atoms with E-state index in [0.717, 1.165) is 23.7 Å². The Kier molecular flexibility index (Phi) is 2.13. The lowest BCUT2D eigenvalue weighted by Gasteiger charge is -2.30. The number of hydrogen-bond donors (Lipinski definition) is 2. The van der Waals surface area contributed by atoms with Crippen LogP contribution in [-0.2, 0) is 0 Å². The normalized spacial score (nSPS) is 27.4. The number of hydrogen-bond acceptors (Lipinski definition) is 2. The van der Waals surface area contributed by atoms with Crippen molar-refractivity contribution in [2.24, 2.45) is 11.7 Å². The van der Waals surface area contributed by atoms with Crippen LogP contribution in [0.3, 0.4) is 0 Å². The van der Waals surface area contributed by atoms with Gasteiger partial charge in [0, 0.05) is 23.8 Å². The monoisotopic (exact) mass is 215 g/mol. The molecule has 3 rings (SSSR count). The summed E-state index contributed by atoms with van der Waals surface area (Å²) in [4.78, 5) is 2.45. The molecule has 2 bridgehead atoms. The maximum Gasteiger partial charge on any atom is 0.124 e. The zero-order valence-corrected chi connectivity index (χ0v) is 9.32. The minimum atomic E-state index is 0.179. The molecule has 1 saturated carbocycles. The lowest BCUT2D eigenvalue weighted by molar-refractivity contribution is 0.553. The van der Waals surface area contributed by atoms with Gasteiger partial charge in [0.15, 0.2) is 0 Å².